The predicted molar refractivity (Wildman–Crippen MR) is 48.7 cm³/mol. The van der Waals surface area contributed by atoms with Crippen LogP contribution in [0.5, 0.6) is 0 Å². The Morgan fingerprint density at radius 1 is 1.67 bits per heavy atom. The first-order valence-corrected chi connectivity index (χ1v) is 4.19. The highest BCUT2D eigenvalue weighted by molar-refractivity contribution is 5.92. The van der Waals surface area contributed by atoms with Gasteiger partial charge in [-0.3, -0.25) is 4.79 Å². The molecule has 0 aliphatic carbocycles. The number of carbonyl (C=O) groups is 1. The number of hydrogen-bond donors (Lipinski definition) is 2. The summed E-state index contributed by atoms with van der Waals surface area (Å²) in [7, 11) is 0. The van der Waals surface area contributed by atoms with E-state index >= 15 is 0 Å². The van der Waals surface area contributed by atoms with Crippen LogP contribution in [0.1, 0.15) is 26.7 Å². The quantitative estimate of drug-likeness (QED) is 0.602. The Balaban J connectivity index is 3.85. The topological polar surface area (TPSA) is 49.3 Å². The van der Waals surface area contributed by atoms with Gasteiger partial charge >= 0.3 is 0 Å². The summed E-state index contributed by atoms with van der Waals surface area (Å²) in [6.45, 7) is 7.16. The maximum absolute atomic E-state index is 11.1. The number of aliphatic hydroxyl groups excluding tert-OH is 1. The van der Waals surface area contributed by atoms with E-state index in [0.717, 1.165) is 12.8 Å². The molecule has 0 aliphatic rings. The van der Waals surface area contributed by atoms with Gasteiger partial charge in [-0.15, -0.1) is 0 Å². The van der Waals surface area contributed by atoms with E-state index in [1.165, 1.54) is 0 Å². The Bertz CT molecular complexity index is 166. The monoisotopic (exact) mass is 171 g/mol. The second-order valence-corrected chi connectivity index (χ2v) is 2.92. The third-order valence-corrected chi connectivity index (χ3v) is 1.58. The zero-order chi connectivity index (χ0) is 9.56. The standard InChI is InChI=1S/C9H17NO2/c1-4-5-8(6-11)10-9(12)7(2)3/h8,11H,2,4-6H2,1,3H3,(H,10,12). The molecule has 3 heteroatoms. The number of carbonyl (C=O) groups excluding carboxylic acids is 1. The van der Waals surface area contributed by atoms with Crippen molar-refractivity contribution >= 4 is 5.91 Å². The zero-order valence-corrected chi connectivity index (χ0v) is 7.76. The van der Waals surface area contributed by atoms with Crippen LogP contribution in [-0.2, 0) is 4.79 Å². The van der Waals surface area contributed by atoms with Crippen molar-refractivity contribution in [2.45, 2.75) is 32.7 Å². The average Bonchev–Trinajstić information content (AvgIpc) is 2.03. The molecule has 0 aromatic rings. The van der Waals surface area contributed by atoms with Crippen LogP contribution in [0, 0.1) is 0 Å². The first kappa shape index (κ1) is 11.2. The van der Waals surface area contributed by atoms with E-state index in [0.29, 0.717) is 5.57 Å². The summed E-state index contributed by atoms with van der Waals surface area (Å²) in [6.07, 6.45) is 1.75. The molecule has 1 atom stereocenters. The third-order valence-electron chi connectivity index (χ3n) is 1.58. The predicted octanol–water partition coefficient (Wildman–Crippen LogP) is 0.840. The highest BCUT2D eigenvalue weighted by atomic mass is 16.3. The first-order valence-electron chi connectivity index (χ1n) is 4.19. The fraction of sp³-hybridized carbons (Fsp3) is 0.667. The minimum atomic E-state index is -0.178. The molecular weight excluding hydrogens is 154 g/mol. The lowest BCUT2D eigenvalue weighted by Gasteiger charge is -2.14. The van der Waals surface area contributed by atoms with E-state index in [2.05, 4.69) is 11.9 Å². The van der Waals surface area contributed by atoms with Gasteiger partial charge in [0.15, 0.2) is 0 Å². The minimum Gasteiger partial charge on any atom is -0.394 e. The van der Waals surface area contributed by atoms with E-state index in [9.17, 15) is 4.79 Å². The summed E-state index contributed by atoms with van der Waals surface area (Å²) < 4.78 is 0. The zero-order valence-electron chi connectivity index (χ0n) is 7.76. The van der Waals surface area contributed by atoms with Gasteiger partial charge < -0.3 is 10.4 Å². The Morgan fingerprint density at radius 2 is 2.25 bits per heavy atom. The van der Waals surface area contributed by atoms with E-state index < -0.39 is 0 Å². The normalized spacial score (nSPS) is 12.2. The Labute approximate surface area is 73.5 Å². The SMILES string of the molecule is C=C(C)C(=O)NC(CO)CCC. The number of amides is 1. The number of aliphatic hydroxyl groups is 1. The molecule has 1 unspecified atom stereocenters. The van der Waals surface area contributed by atoms with Crippen molar-refractivity contribution in [1.29, 1.82) is 0 Å². The number of hydrogen-bond acceptors (Lipinski definition) is 2. The second kappa shape index (κ2) is 5.77. The van der Waals surface area contributed by atoms with Crippen LogP contribution in [0.25, 0.3) is 0 Å². The van der Waals surface area contributed by atoms with Crippen LogP contribution < -0.4 is 5.32 Å². The first-order chi connectivity index (χ1) is 5.61. The fourth-order valence-corrected chi connectivity index (χ4v) is 0.866. The summed E-state index contributed by atoms with van der Waals surface area (Å²) >= 11 is 0. The molecule has 2 N–H and O–H groups in total. The minimum absolute atomic E-state index is 0.00708. The van der Waals surface area contributed by atoms with Crippen LogP contribution >= 0.6 is 0 Å². The van der Waals surface area contributed by atoms with Crippen LogP contribution in [0.4, 0.5) is 0 Å². The summed E-state index contributed by atoms with van der Waals surface area (Å²) in [5, 5.41) is 11.5. The van der Waals surface area contributed by atoms with Gasteiger partial charge in [0.1, 0.15) is 0 Å². The molecule has 70 valence electrons. The van der Waals surface area contributed by atoms with Crippen LogP contribution in [0.15, 0.2) is 12.2 Å². The lowest BCUT2D eigenvalue weighted by Crippen LogP contribution is -2.37. The van der Waals surface area contributed by atoms with Crippen molar-refractivity contribution in [2.24, 2.45) is 0 Å². The highest BCUT2D eigenvalue weighted by Gasteiger charge is 2.09. The van der Waals surface area contributed by atoms with Crippen molar-refractivity contribution in [3.05, 3.63) is 12.2 Å². The van der Waals surface area contributed by atoms with Gasteiger partial charge in [-0.1, -0.05) is 19.9 Å². The van der Waals surface area contributed by atoms with Crippen molar-refractivity contribution in [2.75, 3.05) is 6.61 Å². The lowest BCUT2D eigenvalue weighted by molar-refractivity contribution is -0.118. The Morgan fingerprint density at radius 3 is 2.58 bits per heavy atom. The van der Waals surface area contributed by atoms with Crippen LogP contribution in [0.3, 0.4) is 0 Å². The fourth-order valence-electron chi connectivity index (χ4n) is 0.866. The Kier molecular flexibility index (Phi) is 5.37. The van der Waals surface area contributed by atoms with Crippen molar-refractivity contribution in [1.82, 2.24) is 5.32 Å². The van der Waals surface area contributed by atoms with E-state index in [1.54, 1.807) is 6.92 Å². The van der Waals surface area contributed by atoms with E-state index in [4.69, 9.17) is 5.11 Å². The molecule has 0 saturated heterocycles. The smallest absolute Gasteiger partial charge is 0.246 e. The molecule has 0 heterocycles. The molecule has 0 radical (unpaired) electrons. The average molecular weight is 171 g/mol. The maximum Gasteiger partial charge on any atom is 0.246 e. The molecule has 1 amide bonds. The van der Waals surface area contributed by atoms with Crippen molar-refractivity contribution < 1.29 is 9.90 Å². The summed E-state index contributed by atoms with van der Waals surface area (Å²) in [6, 6.07) is -0.126. The molecule has 0 aromatic carbocycles. The second-order valence-electron chi connectivity index (χ2n) is 2.92. The lowest BCUT2D eigenvalue weighted by atomic mass is 10.1. The third kappa shape index (κ3) is 4.13. The Hall–Kier alpha value is -0.830. The summed E-state index contributed by atoms with van der Waals surface area (Å²) in [4.78, 5) is 11.1. The molecule has 0 fully saturated rings. The van der Waals surface area contributed by atoms with Gasteiger partial charge in [-0.05, 0) is 13.3 Å². The molecule has 12 heavy (non-hydrogen) atoms. The summed E-state index contributed by atoms with van der Waals surface area (Å²) in [5.41, 5.74) is 0.476. The van der Waals surface area contributed by atoms with Crippen LogP contribution in [0.2, 0.25) is 0 Å². The summed E-state index contributed by atoms with van der Waals surface area (Å²) in [5.74, 6) is -0.178. The van der Waals surface area contributed by atoms with Gasteiger partial charge in [0.25, 0.3) is 0 Å². The van der Waals surface area contributed by atoms with Gasteiger partial charge in [0, 0.05) is 5.57 Å². The van der Waals surface area contributed by atoms with Crippen LogP contribution in [-0.4, -0.2) is 23.7 Å². The van der Waals surface area contributed by atoms with Gasteiger partial charge in [0.05, 0.1) is 12.6 Å². The van der Waals surface area contributed by atoms with Gasteiger partial charge in [-0.25, -0.2) is 0 Å². The number of nitrogens with one attached hydrogen (secondary N) is 1. The van der Waals surface area contributed by atoms with Gasteiger partial charge in [0.2, 0.25) is 5.91 Å². The largest absolute Gasteiger partial charge is 0.394 e. The highest BCUT2D eigenvalue weighted by Crippen LogP contribution is 1.97. The van der Waals surface area contributed by atoms with Gasteiger partial charge in [-0.2, -0.15) is 0 Å². The molecule has 0 saturated carbocycles. The molecule has 0 aromatic heterocycles. The molecule has 0 bridgehead atoms. The van der Waals surface area contributed by atoms with Crippen molar-refractivity contribution in [3.63, 3.8) is 0 Å². The van der Waals surface area contributed by atoms with E-state index in [-0.39, 0.29) is 18.6 Å². The molecule has 0 aliphatic heterocycles. The molecule has 3 nitrogen and oxygen atoms in total. The molecule has 0 spiro atoms. The van der Waals surface area contributed by atoms with E-state index in [1.807, 2.05) is 6.92 Å². The molecule has 0 rings (SSSR count). The maximum atomic E-state index is 11.1. The van der Waals surface area contributed by atoms with Crippen molar-refractivity contribution in [3.8, 4) is 0 Å². The number of rotatable bonds is 5. The molecular formula is C9H17NO2.